The highest BCUT2D eigenvalue weighted by Gasteiger charge is 2.28. The van der Waals surface area contributed by atoms with Crippen LogP contribution in [0.15, 0.2) is 23.8 Å². The Morgan fingerprint density at radius 3 is 3.05 bits per heavy atom. The molecule has 0 aliphatic carbocycles. The Hall–Kier alpha value is -2.18. The molecule has 7 nitrogen and oxygen atoms in total. The van der Waals surface area contributed by atoms with E-state index in [1.165, 1.54) is 7.11 Å². The van der Waals surface area contributed by atoms with E-state index in [4.69, 9.17) is 0 Å². The summed E-state index contributed by atoms with van der Waals surface area (Å²) in [6, 6.07) is 0.0524. The SMILES string of the molecule is CCC1=CNC(=CC2CCCN2C(=O)CNC(=O)OC)N1. The molecule has 2 aliphatic rings. The van der Waals surface area contributed by atoms with Gasteiger partial charge in [0.2, 0.25) is 5.91 Å². The van der Waals surface area contributed by atoms with Gasteiger partial charge in [0.15, 0.2) is 0 Å². The zero-order chi connectivity index (χ0) is 15.2. The number of allylic oxidation sites excluding steroid dienone is 1. The van der Waals surface area contributed by atoms with Crippen molar-refractivity contribution < 1.29 is 14.3 Å². The zero-order valence-electron chi connectivity index (χ0n) is 12.4. The van der Waals surface area contributed by atoms with Crippen molar-refractivity contribution in [3.05, 3.63) is 23.8 Å². The fraction of sp³-hybridized carbons (Fsp3) is 0.571. The van der Waals surface area contributed by atoms with Crippen molar-refractivity contribution in [2.75, 3.05) is 20.2 Å². The molecule has 1 fully saturated rings. The minimum absolute atomic E-state index is 0.0360. The predicted molar refractivity (Wildman–Crippen MR) is 77.9 cm³/mol. The van der Waals surface area contributed by atoms with Gasteiger partial charge in [-0.3, -0.25) is 4.79 Å². The van der Waals surface area contributed by atoms with Crippen LogP contribution < -0.4 is 16.0 Å². The van der Waals surface area contributed by atoms with E-state index in [0.29, 0.717) is 6.54 Å². The molecule has 116 valence electrons. The second-order valence-electron chi connectivity index (χ2n) is 5.01. The van der Waals surface area contributed by atoms with Gasteiger partial charge in [0.1, 0.15) is 12.4 Å². The van der Waals surface area contributed by atoms with E-state index in [1.807, 2.05) is 12.3 Å². The first kappa shape index (κ1) is 15.2. The molecular weight excluding hydrogens is 272 g/mol. The highest BCUT2D eigenvalue weighted by atomic mass is 16.5. The third-order valence-corrected chi connectivity index (χ3v) is 3.63. The summed E-state index contributed by atoms with van der Waals surface area (Å²) in [5.74, 6) is 0.818. The van der Waals surface area contributed by atoms with Gasteiger partial charge in [-0.15, -0.1) is 0 Å². The van der Waals surface area contributed by atoms with Crippen molar-refractivity contribution in [2.24, 2.45) is 0 Å². The van der Waals surface area contributed by atoms with Crippen LogP contribution in [0.4, 0.5) is 4.79 Å². The molecule has 2 amide bonds. The molecule has 0 bridgehead atoms. The van der Waals surface area contributed by atoms with Crippen LogP contribution >= 0.6 is 0 Å². The molecule has 2 aliphatic heterocycles. The molecule has 3 N–H and O–H groups in total. The van der Waals surface area contributed by atoms with Gasteiger partial charge < -0.3 is 25.6 Å². The largest absolute Gasteiger partial charge is 0.453 e. The number of nitrogens with one attached hydrogen (secondary N) is 3. The lowest BCUT2D eigenvalue weighted by Gasteiger charge is -2.23. The Morgan fingerprint density at radius 2 is 2.38 bits per heavy atom. The lowest BCUT2D eigenvalue weighted by Crippen LogP contribution is -2.42. The van der Waals surface area contributed by atoms with Gasteiger partial charge in [-0.25, -0.2) is 4.79 Å². The van der Waals surface area contributed by atoms with Gasteiger partial charge >= 0.3 is 6.09 Å². The maximum atomic E-state index is 12.1. The van der Waals surface area contributed by atoms with E-state index in [9.17, 15) is 9.59 Å². The lowest BCUT2D eigenvalue weighted by molar-refractivity contribution is -0.130. The quantitative estimate of drug-likeness (QED) is 0.708. The Morgan fingerprint density at radius 1 is 1.57 bits per heavy atom. The number of carbonyl (C=O) groups excluding carboxylic acids is 2. The van der Waals surface area contributed by atoms with Crippen molar-refractivity contribution in [1.29, 1.82) is 0 Å². The summed E-state index contributed by atoms with van der Waals surface area (Å²) < 4.78 is 4.46. The summed E-state index contributed by atoms with van der Waals surface area (Å²) >= 11 is 0. The Kier molecular flexibility index (Phi) is 5.08. The van der Waals surface area contributed by atoms with E-state index in [-0.39, 0.29) is 18.5 Å². The second kappa shape index (κ2) is 7.01. The molecule has 0 spiro atoms. The lowest BCUT2D eigenvalue weighted by atomic mass is 10.2. The molecule has 2 heterocycles. The summed E-state index contributed by atoms with van der Waals surface area (Å²) in [4.78, 5) is 24.9. The molecular formula is C14H22N4O3. The smallest absolute Gasteiger partial charge is 0.407 e. The van der Waals surface area contributed by atoms with Gasteiger partial charge in [-0.2, -0.15) is 0 Å². The number of hydrogen-bond acceptors (Lipinski definition) is 5. The van der Waals surface area contributed by atoms with E-state index >= 15 is 0 Å². The predicted octanol–water partition coefficient (Wildman–Crippen LogP) is 0.619. The number of hydrogen-bond donors (Lipinski definition) is 3. The molecule has 0 aromatic rings. The van der Waals surface area contributed by atoms with Crippen molar-refractivity contribution in [1.82, 2.24) is 20.9 Å². The number of nitrogens with zero attached hydrogens (tertiary/aromatic N) is 1. The molecule has 0 saturated carbocycles. The van der Waals surface area contributed by atoms with E-state index in [0.717, 1.165) is 30.8 Å². The van der Waals surface area contributed by atoms with Gasteiger partial charge in [-0.05, 0) is 25.3 Å². The number of amides is 2. The van der Waals surface area contributed by atoms with Crippen LogP contribution in [0.1, 0.15) is 26.2 Å². The first-order valence-corrected chi connectivity index (χ1v) is 7.19. The van der Waals surface area contributed by atoms with Gasteiger partial charge in [-0.1, -0.05) is 6.92 Å². The minimum atomic E-state index is -0.589. The fourth-order valence-corrected chi connectivity index (χ4v) is 2.48. The van der Waals surface area contributed by atoms with Crippen LogP contribution in [0.2, 0.25) is 0 Å². The van der Waals surface area contributed by atoms with Gasteiger partial charge in [0, 0.05) is 18.4 Å². The molecule has 2 rings (SSSR count). The van der Waals surface area contributed by atoms with E-state index in [1.54, 1.807) is 4.90 Å². The zero-order valence-corrected chi connectivity index (χ0v) is 12.4. The maximum Gasteiger partial charge on any atom is 0.407 e. The summed E-state index contributed by atoms with van der Waals surface area (Å²) in [5, 5.41) is 8.86. The fourth-order valence-electron chi connectivity index (χ4n) is 2.48. The number of methoxy groups -OCH3 is 1. The second-order valence-corrected chi connectivity index (χ2v) is 5.01. The summed E-state index contributed by atoms with van der Waals surface area (Å²) in [5.41, 5.74) is 1.13. The minimum Gasteiger partial charge on any atom is -0.453 e. The van der Waals surface area contributed by atoms with Crippen LogP contribution in [-0.2, 0) is 9.53 Å². The number of ether oxygens (including phenoxy) is 1. The van der Waals surface area contributed by atoms with Crippen molar-refractivity contribution in [2.45, 2.75) is 32.2 Å². The van der Waals surface area contributed by atoms with Crippen molar-refractivity contribution in [3.8, 4) is 0 Å². The van der Waals surface area contributed by atoms with Crippen LogP contribution in [0.3, 0.4) is 0 Å². The standard InChI is InChI=1S/C14H22N4O3/c1-3-10-8-15-12(17-10)7-11-5-4-6-18(11)13(19)9-16-14(20)21-2/h7-8,11,15,17H,3-6,9H2,1-2H3,(H,16,20). The highest BCUT2D eigenvalue weighted by Crippen LogP contribution is 2.20. The number of rotatable bonds is 4. The molecule has 1 saturated heterocycles. The summed E-state index contributed by atoms with van der Waals surface area (Å²) in [7, 11) is 1.28. The molecule has 1 unspecified atom stereocenters. The third-order valence-electron chi connectivity index (χ3n) is 3.63. The van der Waals surface area contributed by atoms with Crippen LogP contribution in [0.5, 0.6) is 0 Å². The topological polar surface area (TPSA) is 82.7 Å². The van der Waals surface area contributed by atoms with Gasteiger partial charge in [0.25, 0.3) is 0 Å². The van der Waals surface area contributed by atoms with E-state index in [2.05, 4.69) is 27.6 Å². The molecule has 7 heteroatoms. The molecule has 0 aromatic heterocycles. The number of carbonyl (C=O) groups is 2. The summed E-state index contributed by atoms with van der Waals surface area (Å²) in [6.45, 7) is 2.75. The average molecular weight is 294 g/mol. The normalized spacial score (nSPS) is 22.6. The number of alkyl carbamates (subject to hydrolysis) is 1. The van der Waals surface area contributed by atoms with Crippen LogP contribution in [0, 0.1) is 0 Å². The molecule has 1 atom stereocenters. The summed E-state index contributed by atoms with van der Waals surface area (Å²) in [6.07, 6.45) is 6.20. The average Bonchev–Trinajstić information content (AvgIpc) is 3.13. The first-order chi connectivity index (χ1) is 10.1. The molecule has 0 aromatic carbocycles. The van der Waals surface area contributed by atoms with Crippen molar-refractivity contribution >= 4 is 12.0 Å². The van der Waals surface area contributed by atoms with Gasteiger partial charge in [0.05, 0.1) is 13.2 Å². The monoisotopic (exact) mass is 294 g/mol. The highest BCUT2D eigenvalue weighted by molar-refractivity contribution is 5.82. The first-order valence-electron chi connectivity index (χ1n) is 7.19. The molecule has 21 heavy (non-hydrogen) atoms. The third kappa shape index (κ3) is 3.90. The van der Waals surface area contributed by atoms with Crippen molar-refractivity contribution in [3.63, 3.8) is 0 Å². The van der Waals surface area contributed by atoms with Crippen LogP contribution in [-0.4, -0.2) is 43.1 Å². The van der Waals surface area contributed by atoms with E-state index < -0.39 is 6.09 Å². The Labute approximate surface area is 124 Å². The Bertz CT molecular complexity index is 473. The van der Waals surface area contributed by atoms with Crippen LogP contribution in [0.25, 0.3) is 0 Å². The Balaban J connectivity index is 1.90. The molecule has 0 radical (unpaired) electrons. The number of likely N-dealkylation sites (tertiary alicyclic amines) is 1. The maximum absolute atomic E-state index is 12.1.